The highest BCUT2D eigenvalue weighted by atomic mass is 32.2. The normalized spacial score (nSPS) is 12.9. The van der Waals surface area contributed by atoms with Crippen LogP contribution in [0.4, 0.5) is 5.69 Å². The fourth-order valence-corrected chi connectivity index (χ4v) is 2.45. The van der Waals surface area contributed by atoms with Crippen LogP contribution >= 0.6 is 0 Å². The molecule has 0 bridgehead atoms. The van der Waals surface area contributed by atoms with Crippen molar-refractivity contribution in [3.63, 3.8) is 0 Å². The molecule has 1 aromatic carbocycles. The minimum absolute atomic E-state index is 0.166. The monoisotopic (exact) mass is 339 g/mol. The molecule has 0 aliphatic carbocycles. The van der Waals surface area contributed by atoms with Crippen molar-refractivity contribution in [3.8, 4) is 0 Å². The molecule has 0 saturated carbocycles. The standard InChI is InChI=1S/C16H25N3O3S/c1-12-7-9-14(10-8-12)19(23(6,21)22)11-15(20)18-17-13(2)16(3,4)5/h7-10H,11H2,1-6H3,(H,18,20)/b17-13-. The van der Waals surface area contributed by atoms with E-state index in [4.69, 9.17) is 0 Å². The van der Waals surface area contributed by atoms with Crippen LogP contribution in [0.15, 0.2) is 29.4 Å². The number of hydrogen-bond donors (Lipinski definition) is 1. The molecule has 128 valence electrons. The number of nitrogens with one attached hydrogen (secondary N) is 1. The minimum Gasteiger partial charge on any atom is -0.271 e. The zero-order chi connectivity index (χ0) is 17.8. The van der Waals surface area contributed by atoms with Gasteiger partial charge in [0.2, 0.25) is 10.0 Å². The van der Waals surface area contributed by atoms with Gasteiger partial charge >= 0.3 is 0 Å². The first kappa shape index (κ1) is 19.2. The molecule has 1 aromatic rings. The second kappa shape index (κ2) is 7.12. The number of carbonyl (C=O) groups excluding carboxylic acids is 1. The van der Waals surface area contributed by atoms with Crippen LogP contribution in [-0.2, 0) is 14.8 Å². The number of rotatable bonds is 5. The lowest BCUT2D eigenvalue weighted by Gasteiger charge is -2.22. The summed E-state index contributed by atoms with van der Waals surface area (Å²) in [5, 5.41) is 4.03. The van der Waals surface area contributed by atoms with E-state index >= 15 is 0 Å². The zero-order valence-corrected chi connectivity index (χ0v) is 15.4. The van der Waals surface area contributed by atoms with Crippen molar-refractivity contribution >= 4 is 27.3 Å². The average Bonchev–Trinajstić information content (AvgIpc) is 2.41. The molecular formula is C16H25N3O3S. The summed E-state index contributed by atoms with van der Waals surface area (Å²) < 4.78 is 25.0. The van der Waals surface area contributed by atoms with E-state index in [1.807, 2.05) is 34.6 Å². The van der Waals surface area contributed by atoms with E-state index in [9.17, 15) is 13.2 Å². The first-order chi connectivity index (χ1) is 10.4. The molecule has 1 amide bonds. The Morgan fingerprint density at radius 3 is 2.17 bits per heavy atom. The van der Waals surface area contributed by atoms with Crippen LogP contribution < -0.4 is 9.73 Å². The maximum absolute atomic E-state index is 12.0. The largest absolute Gasteiger partial charge is 0.271 e. The zero-order valence-electron chi connectivity index (χ0n) is 14.5. The van der Waals surface area contributed by atoms with Crippen LogP contribution in [0.5, 0.6) is 0 Å². The summed E-state index contributed by atoms with van der Waals surface area (Å²) in [5.41, 5.74) is 4.47. The van der Waals surface area contributed by atoms with Gasteiger partial charge in [-0.15, -0.1) is 0 Å². The number of amides is 1. The van der Waals surface area contributed by atoms with Crippen molar-refractivity contribution in [2.45, 2.75) is 34.6 Å². The predicted octanol–water partition coefficient (Wildman–Crippen LogP) is 2.30. The van der Waals surface area contributed by atoms with Crippen molar-refractivity contribution in [3.05, 3.63) is 29.8 Å². The summed E-state index contributed by atoms with van der Waals surface area (Å²) >= 11 is 0. The molecule has 7 heteroatoms. The van der Waals surface area contributed by atoms with Gasteiger partial charge in [0.15, 0.2) is 0 Å². The second-order valence-electron chi connectivity index (χ2n) is 6.59. The molecule has 0 saturated heterocycles. The molecule has 23 heavy (non-hydrogen) atoms. The van der Waals surface area contributed by atoms with E-state index in [0.717, 1.165) is 21.8 Å². The second-order valence-corrected chi connectivity index (χ2v) is 8.49. The van der Waals surface area contributed by atoms with Gasteiger partial charge in [-0.25, -0.2) is 13.8 Å². The molecule has 0 aliphatic heterocycles. The number of carbonyl (C=O) groups is 1. The smallest absolute Gasteiger partial charge is 0.260 e. The number of nitrogens with zero attached hydrogens (tertiary/aromatic N) is 2. The SMILES string of the molecule is C/C(=N/NC(=O)CN(c1ccc(C)cc1)S(C)(=O)=O)C(C)(C)C. The third-order valence-electron chi connectivity index (χ3n) is 3.44. The van der Waals surface area contributed by atoms with Gasteiger partial charge in [0.1, 0.15) is 6.54 Å². The fourth-order valence-electron chi connectivity index (χ4n) is 1.59. The summed E-state index contributed by atoms with van der Waals surface area (Å²) in [6.45, 7) is 9.34. The topological polar surface area (TPSA) is 78.8 Å². The highest BCUT2D eigenvalue weighted by molar-refractivity contribution is 7.92. The number of hydrogen-bond acceptors (Lipinski definition) is 4. The Balaban J connectivity index is 2.92. The number of benzene rings is 1. The van der Waals surface area contributed by atoms with Gasteiger partial charge in [-0.1, -0.05) is 38.5 Å². The average molecular weight is 339 g/mol. The van der Waals surface area contributed by atoms with Gasteiger partial charge in [-0.05, 0) is 26.0 Å². The van der Waals surface area contributed by atoms with E-state index in [1.54, 1.807) is 24.3 Å². The van der Waals surface area contributed by atoms with Crippen LogP contribution in [0.2, 0.25) is 0 Å². The maximum atomic E-state index is 12.0. The Bertz CT molecular complexity index is 686. The minimum atomic E-state index is -3.57. The van der Waals surface area contributed by atoms with E-state index in [1.165, 1.54) is 0 Å². The maximum Gasteiger partial charge on any atom is 0.260 e. The van der Waals surface area contributed by atoms with Crippen LogP contribution in [-0.4, -0.2) is 32.8 Å². The first-order valence-electron chi connectivity index (χ1n) is 7.29. The van der Waals surface area contributed by atoms with Crippen LogP contribution in [0.3, 0.4) is 0 Å². The molecule has 1 rings (SSSR count). The van der Waals surface area contributed by atoms with Crippen molar-refractivity contribution in [1.29, 1.82) is 0 Å². The first-order valence-corrected chi connectivity index (χ1v) is 9.14. The van der Waals surface area contributed by atoms with E-state index in [-0.39, 0.29) is 12.0 Å². The molecule has 0 aliphatic rings. The summed E-state index contributed by atoms with van der Waals surface area (Å²) in [4.78, 5) is 12.0. The van der Waals surface area contributed by atoms with Crippen LogP contribution in [0.25, 0.3) is 0 Å². The van der Waals surface area contributed by atoms with Crippen LogP contribution in [0.1, 0.15) is 33.3 Å². The van der Waals surface area contributed by atoms with E-state index < -0.39 is 15.9 Å². The fraction of sp³-hybridized carbons (Fsp3) is 0.500. The third-order valence-corrected chi connectivity index (χ3v) is 4.58. The summed E-state index contributed by atoms with van der Waals surface area (Å²) in [5.74, 6) is -0.486. The third kappa shape index (κ3) is 6.02. The van der Waals surface area contributed by atoms with E-state index in [2.05, 4.69) is 10.5 Å². The number of sulfonamides is 1. The molecule has 1 N–H and O–H groups in total. The Morgan fingerprint density at radius 1 is 1.22 bits per heavy atom. The summed E-state index contributed by atoms with van der Waals surface area (Å²) in [6, 6.07) is 6.95. The number of hydrazone groups is 1. The Kier molecular flexibility index (Phi) is 5.93. The quantitative estimate of drug-likeness (QED) is 0.660. The van der Waals surface area contributed by atoms with Gasteiger partial charge in [-0.2, -0.15) is 5.10 Å². The highest BCUT2D eigenvalue weighted by Crippen LogP contribution is 2.18. The van der Waals surface area contributed by atoms with Crippen molar-refractivity contribution < 1.29 is 13.2 Å². The predicted molar refractivity (Wildman–Crippen MR) is 94.1 cm³/mol. The van der Waals surface area contributed by atoms with Gasteiger partial charge in [0.05, 0.1) is 11.9 Å². The van der Waals surface area contributed by atoms with Crippen molar-refractivity contribution in [1.82, 2.24) is 5.43 Å². The lowest BCUT2D eigenvalue weighted by Crippen LogP contribution is -2.39. The molecule has 0 aromatic heterocycles. The van der Waals surface area contributed by atoms with Gasteiger partial charge in [0.25, 0.3) is 5.91 Å². The molecule has 0 unspecified atom stereocenters. The molecule has 6 nitrogen and oxygen atoms in total. The van der Waals surface area contributed by atoms with Crippen molar-refractivity contribution in [2.24, 2.45) is 10.5 Å². The summed E-state index contributed by atoms with van der Waals surface area (Å²) in [7, 11) is -3.57. The van der Waals surface area contributed by atoms with Crippen LogP contribution in [0, 0.1) is 12.3 Å². The lowest BCUT2D eigenvalue weighted by atomic mass is 9.91. The summed E-state index contributed by atoms with van der Waals surface area (Å²) in [6.07, 6.45) is 1.07. The number of aryl methyl sites for hydroxylation is 1. The van der Waals surface area contributed by atoms with Gasteiger partial charge in [0, 0.05) is 11.1 Å². The Morgan fingerprint density at radius 2 is 1.74 bits per heavy atom. The van der Waals surface area contributed by atoms with Gasteiger partial charge in [-0.3, -0.25) is 9.10 Å². The Hall–Kier alpha value is -1.89. The van der Waals surface area contributed by atoms with Gasteiger partial charge < -0.3 is 0 Å². The molecular weight excluding hydrogens is 314 g/mol. The molecule has 0 atom stereocenters. The molecule has 0 spiro atoms. The number of anilines is 1. The van der Waals surface area contributed by atoms with Crippen molar-refractivity contribution in [2.75, 3.05) is 17.1 Å². The lowest BCUT2D eigenvalue weighted by molar-refractivity contribution is -0.119. The van der Waals surface area contributed by atoms with E-state index in [0.29, 0.717) is 5.69 Å². The molecule has 0 radical (unpaired) electrons. The Labute approximate surface area is 138 Å². The molecule has 0 heterocycles. The highest BCUT2D eigenvalue weighted by Gasteiger charge is 2.21. The molecule has 0 fully saturated rings.